The van der Waals surface area contributed by atoms with E-state index in [-0.39, 0.29) is 11.7 Å². The lowest BCUT2D eigenvalue weighted by Gasteiger charge is -2.29. The van der Waals surface area contributed by atoms with Gasteiger partial charge >= 0.3 is 0 Å². The van der Waals surface area contributed by atoms with Crippen LogP contribution in [0, 0.1) is 5.82 Å². The van der Waals surface area contributed by atoms with Crippen LogP contribution in [0.2, 0.25) is 0 Å². The summed E-state index contributed by atoms with van der Waals surface area (Å²) in [6.45, 7) is 0.866. The number of carbonyl (C=O) groups excluding carboxylic acids is 1. The number of hydrogen-bond donors (Lipinski definition) is 0. The molecule has 1 heterocycles. The van der Waals surface area contributed by atoms with Gasteiger partial charge in [0, 0.05) is 12.5 Å². The minimum Gasteiger partial charge on any atom is -0.497 e. The lowest BCUT2D eigenvalue weighted by atomic mass is 10.1. The Labute approximate surface area is 134 Å². The molecule has 0 radical (unpaired) electrons. The molecule has 5 heteroatoms. The Hall–Kier alpha value is -2.56. The second-order valence-electron chi connectivity index (χ2n) is 5.35. The molecule has 0 fully saturated rings. The minimum absolute atomic E-state index is 0.0315. The van der Waals surface area contributed by atoms with Gasteiger partial charge in [-0.05, 0) is 36.2 Å². The highest BCUT2D eigenvalue weighted by Crippen LogP contribution is 2.32. The van der Waals surface area contributed by atoms with Crippen LogP contribution in [0.25, 0.3) is 0 Å². The number of ether oxygens (including phenoxy) is 2. The average molecular weight is 315 g/mol. The SMILES string of the molecule is COc1ccc(CCC(=O)N2CCOc3ccc(F)cc32)cc1. The number of benzene rings is 2. The van der Waals surface area contributed by atoms with Gasteiger partial charge in [0.05, 0.1) is 19.3 Å². The highest BCUT2D eigenvalue weighted by Gasteiger charge is 2.23. The summed E-state index contributed by atoms with van der Waals surface area (Å²) in [5.74, 6) is 0.936. The van der Waals surface area contributed by atoms with Crippen LogP contribution in [0.5, 0.6) is 11.5 Å². The molecule has 0 aliphatic carbocycles. The third-order valence-corrected chi connectivity index (χ3v) is 3.87. The number of hydrogen-bond acceptors (Lipinski definition) is 3. The summed E-state index contributed by atoms with van der Waals surface area (Å²) in [6, 6.07) is 11.9. The van der Waals surface area contributed by atoms with E-state index < -0.39 is 0 Å². The molecule has 1 aliphatic heterocycles. The van der Waals surface area contributed by atoms with Crippen molar-refractivity contribution in [2.24, 2.45) is 0 Å². The quantitative estimate of drug-likeness (QED) is 0.870. The maximum atomic E-state index is 13.4. The van der Waals surface area contributed by atoms with Crippen LogP contribution in [0.3, 0.4) is 0 Å². The molecule has 0 aromatic heterocycles. The lowest BCUT2D eigenvalue weighted by Crippen LogP contribution is -2.38. The number of amides is 1. The van der Waals surface area contributed by atoms with Crippen molar-refractivity contribution in [1.82, 2.24) is 0 Å². The Morgan fingerprint density at radius 3 is 2.78 bits per heavy atom. The van der Waals surface area contributed by atoms with Gasteiger partial charge in [-0.15, -0.1) is 0 Å². The van der Waals surface area contributed by atoms with Gasteiger partial charge in [-0.1, -0.05) is 12.1 Å². The average Bonchev–Trinajstić information content (AvgIpc) is 2.59. The van der Waals surface area contributed by atoms with Crippen LogP contribution >= 0.6 is 0 Å². The van der Waals surface area contributed by atoms with Gasteiger partial charge in [0.15, 0.2) is 0 Å². The standard InChI is InChI=1S/C18H18FNO3/c1-22-15-6-2-13(3-7-15)4-9-18(21)20-10-11-23-17-8-5-14(19)12-16(17)20/h2-3,5-8,12H,4,9-11H2,1H3. The van der Waals surface area contributed by atoms with Crippen molar-refractivity contribution in [3.63, 3.8) is 0 Å². The van der Waals surface area contributed by atoms with Gasteiger partial charge in [0.1, 0.15) is 23.9 Å². The Balaban J connectivity index is 1.68. The Morgan fingerprint density at radius 2 is 2.04 bits per heavy atom. The van der Waals surface area contributed by atoms with Crippen LogP contribution in [-0.2, 0) is 11.2 Å². The van der Waals surface area contributed by atoms with Gasteiger partial charge in [-0.3, -0.25) is 4.79 Å². The number of anilines is 1. The molecule has 1 amide bonds. The van der Waals surface area contributed by atoms with Crippen molar-refractivity contribution >= 4 is 11.6 Å². The Bertz CT molecular complexity index is 700. The monoisotopic (exact) mass is 315 g/mol. The number of methoxy groups -OCH3 is 1. The molecule has 0 saturated heterocycles. The summed E-state index contributed by atoms with van der Waals surface area (Å²) in [4.78, 5) is 14.1. The molecule has 0 unspecified atom stereocenters. The fourth-order valence-electron chi connectivity index (χ4n) is 2.63. The fraction of sp³-hybridized carbons (Fsp3) is 0.278. The van der Waals surface area contributed by atoms with Crippen LogP contribution < -0.4 is 14.4 Å². The molecule has 0 saturated carbocycles. The molecule has 0 N–H and O–H groups in total. The predicted molar refractivity (Wildman–Crippen MR) is 85.6 cm³/mol. The summed E-state index contributed by atoms with van der Waals surface area (Å²) in [6.07, 6.45) is 0.993. The number of halogens is 1. The van der Waals surface area contributed by atoms with Crippen molar-refractivity contribution in [2.45, 2.75) is 12.8 Å². The third kappa shape index (κ3) is 3.44. The van der Waals surface area contributed by atoms with E-state index in [9.17, 15) is 9.18 Å². The zero-order chi connectivity index (χ0) is 16.2. The van der Waals surface area contributed by atoms with E-state index >= 15 is 0 Å². The van der Waals surface area contributed by atoms with Gasteiger partial charge in [0.2, 0.25) is 5.91 Å². The molecule has 0 spiro atoms. The molecule has 3 rings (SSSR count). The van der Waals surface area contributed by atoms with Crippen molar-refractivity contribution in [1.29, 1.82) is 0 Å². The first-order chi connectivity index (χ1) is 11.2. The maximum Gasteiger partial charge on any atom is 0.227 e. The molecule has 2 aromatic carbocycles. The van der Waals surface area contributed by atoms with Crippen molar-refractivity contribution in [3.05, 3.63) is 53.8 Å². The lowest BCUT2D eigenvalue weighted by molar-refractivity contribution is -0.118. The summed E-state index contributed by atoms with van der Waals surface area (Å²) >= 11 is 0. The third-order valence-electron chi connectivity index (χ3n) is 3.87. The van der Waals surface area contributed by atoms with Crippen molar-refractivity contribution in [3.8, 4) is 11.5 Å². The molecule has 1 aliphatic rings. The first-order valence-electron chi connectivity index (χ1n) is 7.53. The molecular weight excluding hydrogens is 297 g/mol. The van der Waals surface area contributed by atoms with E-state index in [1.165, 1.54) is 12.1 Å². The number of rotatable bonds is 4. The maximum absolute atomic E-state index is 13.4. The summed E-state index contributed by atoms with van der Waals surface area (Å²) < 4.78 is 24.0. The second-order valence-corrected chi connectivity index (χ2v) is 5.35. The van der Waals surface area contributed by atoms with E-state index in [1.807, 2.05) is 24.3 Å². The molecule has 0 bridgehead atoms. The zero-order valence-corrected chi connectivity index (χ0v) is 12.9. The van der Waals surface area contributed by atoms with E-state index in [1.54, 1.807) is 18.1 Å². The first kappa shape index (κ1) is 15.3. The number of aryl methyl sites for hydroxylation is 1. The molecule has 2 aromatic rings. The largest absolute Gasteiger partial charge is 0.497 e. The highest BCUT2D eigenvalue weighted by molar-refractivity contribution is 5.95. The van der Waals surface area contributed by atoms with Gasteiger partial charge in [0.25, 0.3) is 0 Å². The Kier molecular flexibility index (Phi) is 4.46. The normalized spacial score (nSPS) is 13.2. The van der Waals surface area contributed by atoms with Gasteiger partial charge < -0.3 is 14.4 Å². The van der Waals surface area contributed by atoms with Crippen LogP contribution in [-0.4, -0.2) is 26.2 Å². The predicted octanol–water partition coefficient (Wildman–Crippen LogP) is 3.19. The first-order valence-corrected chi connectivity index (χ1v) is 7.53. The smallest absolute Gasteiger partial charge is 0.227 e. The topological polar surface area (TPSA) is 38.8 Å². The fourth-order valence-corrected chi connectivity index (χ4v) is 2.63. The molecular formula is C18H18FNO3. The summed E-state index contributed by atoms with van der Waals surface area (Å²) in [5.41, 5.74) is 1.57. The Morgan fingerprint density at radius 1 is 1.26 bits per heavy atom. The zero-order valence-electron chi connectivity index (χ0n) is 12.9. The van der Waals surface area contributed by atoms with Crippen LogP contribution in [0.4, 0.5) is 10.1 Å². The minimum atomic E-state index is -0.373. The van der Waals surface area contributed by atoms with E-state index in [0.717, 1.165) is 11.3 Å². The molecule has 4 nitrogen and oxygen atoms in total. The van der Waals surface area contributed by atoms with Crippen LogP contribution in [0.15, 0.2) is 42.5 Å². The van der Waals surface area contributed by atoms with Crippen LogP contribution in [0.1, 0.15) is 12.0 Å². The number of fused-ring (bicyclic) bond motifs is 1. The molecule has 0 atom stereocenters. The van der Waals surface area contributed by atoms with Gasteiger partial charge in [-0.25, -0.2) is 4.39 Å². The molecule has 23 heavy (non-hydrogen) atoms. The number of carbonyl (C=O) groups is 1. The van der Waals surface area contributed by atoms with Gasteiger partial charge in [-0.2, -0.15) is 0 Å². The second kappa shape index (κ2) is 6.69. The van der Waals surface area contributed by atoms with E-state index in [4.69, 9.17) is 9.47 Å². The van der Waals surface area contributed by atoms with Crippen molar-refractivity contribution in [2.75, 3.05) is 25.2 Å². The summed E-state index contributed by atoms with van der Waals surface area (Å²) in [5, 5.41) is 0. The number of nitrogens with zero attached hydrogens (tertiary/aromatic N) is 1. The molecule has 120 valence electrons. The summed E-state index contributed by atoms with van der Waals surface area (Å²) in [7, 11) is 1.62. The van der Waals surface area contributed by atoms with E-state index in [2.05, 4.69) is 0 Å². The van der Waals surface area contributed by atoms with Crippen molar-refractivity contribution < 1.29 is 18.7 Å². The highest BCUT2D eigenvalue weighted by atomic mass is 19.1. The van der Waals surface area contributed by atoms with E-state index in [0.29, 0.717) is 37.4 Å².